The lowest BCUT2D eigenvalue weighted by Crippen LogP contribution is -2.39. The van der Waals surface area contributed by atoms with E-state index in [4.69, 9.17) is 0 Å². The molecule has 0 amide bonds. The maximum absolute atomic E-state index is 9.74. The van der Waals surface area contributed by atoms with E-state index in [1.165, 1.54) is 5.56 Å². The predicted octanol–water partition coefficient (Wildman–Crippen LogP) is 2.57. The van der Waals surface area contributed by atoms with Gasteiger partial charge >= 0.3 is 0 Å². The largest absolute Gasteiger partial charge is 0.388 e. The number of nitrogens with one attached hydrogen (secondary N) is 1. The monoisotopic (exact) mass is 193 g/mol. The van der Waals surface area contributed by atoms with Gasteiger partial charge in [-0.3, -0.25) is 0 Å². The summed E-state index contributed by atoms with van der Waals surface area (Å²) in [5.41, 5.74) is 1.59. The Bertz CT molecular complexity index is 284. The molecule has 1 rings (SSSR count). The number of aryl methyl sites for hydroxylation is 1. The summed E-state index contributed by atoms with van der Waals surface area (Å²) < 4.78 is 0. The second-order valence-electron chi connectivity index (χ2n) is 4.39. The molecule has 2 nitrogen and oxygen atoms in total. The summed E-state index contributed by atoms with van der Waals surface area (Å²) in [4.78, 5) is 0. The third kappa shape index (κ3) is 3.04. The first kappa shape index (κ1) is 11.1. The zero-order valence-electron chi connectivity index (χ0n) is 9.33. The van der Waals surface area contributed by atoms with Crippen LogP contribution in [-0.2, 0) is 0 Å². The van der Waals surface area contributed by atoms with Crippen molar-refractivity contribution >= 4 is 5.69 Å². The molecule has 0 aliphatic heterocycles. The Hall–Kier alpha value is -1.02. The number of hydrogen-bond donors (Lipinski definition) is 2. The smallest absolute Gasteiger partial charge is 0.0789 e. The average Bonchev–Trinajstić information content (AvgIpc) is 2.07. The van der Waals surface area contributed by atoms with Crippen molar-refractivity contribution in [2.75, 3.05) is 5.32 Å². The minimum absolute atomic E-state index is 0.0326. The van der Waals surface area contributed by atoms with Crippen LogP contribution >= 0.6 is 0 Å². The molecule has 1 aromatic carbocycles. The molecule has 0 heterocycles. The minimum atomic E-state index is -0.703. The summed E-state index contributed by atoms with van der Waals surface area (Å²) in [6.07, 6.45) is 0. The van der Waals surface area contributed by atoms with Crippen molar-refractivity contribution in [2.45, 2.75) is 39.3 Å². The topological polar surface area (TPSA) is 32.3 Å². The zero-order valence-corrected chi connectivity index (χ0v) is 9.33. The number of hydrogen-bond acceptors (Lipinski definition) is 2. The van der Waals surface area contributed by atoms with Gasteiger partial charge in [-0.05, 0) is 39.8 Å². The van der Waals surface area contributed by atoms with Gasteiger partial charge in [-0.1, -0.05) is 17.7 Å². The van der Waals surface area contributed by atoms with Gasteiger partial charge in [-0.15, -0.1) is 0 Å². The van der Waals surface area contributed by atoms with Gasteiger partial charge in [0, 0.05) is 5.69 Å². The molecule has 0 bridgehead atoms. The highest BCUT2D eigenvalue weighted by Gasteiger charge is 2.21. The first-order valence-corrected chi connectivity index (χ1v) is 4.95. The van der Waals surface area contributed by atoms with Crippen molar-refractivity contribution < 1.29 is 5.11 Å². The van der Waals surface area contributed by atoms with Gasteiger partial charge in [0.2, 0.25) is 0 Å². The third-order valence-electron chi connectivity index (χ3n) is 2.49. The van der Waals surface area contributed by atoms with Crippen LogP contribution in [0.1, 0.15) is 26.3 Å². The maximum Gasteiger partial charge on any atom is 0.0789 e. The quantitative estimate of drug-likeness (QED) is 0.773. The lowest BCUT2D eigenvalue weighted by atomic mass is 10.0. The van der Waals surface area contributed by atoms with Crippen LogP contribution in [0.25, 0.3) is 0 Å². The number of benzene rings is 1. The summed E-state index contributed by atoms with van der Waals surface area (Å²) in [6.45, 7) is 7.64. The molecular weight excluding hydrogens is 174 g/mol. The Morgan fingerprint density at radius 3 is 2.14 bits per heavy atom. The van der Waals surface area contributed by atoms with Crippen LogP contribution in [0.4, 0.5) is 5.69 Å². The van der Waals surface area contributed by atoms with Crippen molar-refractivity contribution in [1.29, 1.82) is 0 Å². The van der Waals surface area contributed by atoms with E-state index in [0.717, 1.165) is 5.69 Å². The molecule has 0 fully saturated rings. The fourth-order valence-corrected chi connectivity index (χ4v) is 1.08. The lowest BCUT2D eigenvalue weighted by Gasteiger charge is -2.27. The van der Waals surface area contributed by atoms with Gasteiger partial charge < -0.3 is 10.4 Å². The molecule has 78 valence electrons. The Morgan fingerprint density at radius 1 is 1.21 bits per heavy atom. The highest BCUT2D eigenvalue weighted by Crippen LogP contribution is 2.15. The average molecular weight is 193 g/mol. The molecule has 1 atom stereocenters. The Labute approximate surface area is 86.0 Å². The molecule has 0 aliphatic rings. The van der Waals surface area contributed by atoms with E-state index in [1.807, 2.05) is 19.1 Å². The van der Waals surface area contributed by atoms with Gasteiger partial charge in [0.1, 0.15) is 0 Å². The van der Waals surface area contributed by atoms with E-state index < -0.39 is 5.60 Å². The summed E-state index contributed by atoms with van der Waals surface area (Å²) in [7, 11) is 0. The second-order valence-corrected chi connectivity index (χ2v) is 4.39. The molecule has 0 aromatic heterocycles. The van der Waals surface area contributed by atoms with Crippen LogP contribution < -0.4 is 5.32 Å². The Balaban J connectivity index is 2.65. The van der Waals surface area contributed by atoms with E-state index in [9.17, 15) is 5.11 Å². The van der Waals surface area contributed by atoms with Crippen LogP contribution in [0.15, 0.2) is 24.3 Å². The lowest BCUT2D eigenvalue weighted by molar-refractivity contribution is 0.0649. The molecule has 14 heavy (non-hydrogen) atoms. The molecule has 0 saturated heterocycles. The molecule has 0 saturated carbocycles. The van der Waals surface area contributed by atoms with Gasteiger partial charge in [-0.25, -0.2) is 0 Å². The minimum Gasteiger partial charge on any atom is -0.388 e. The van der Waals surface area contributed by atoms with Crippen LogP contribution in [0.2, 0.25) is 0 Å². The van der Waals surface area contributed by atoms with Crippen LogP contribution in [0.5, 0.6) is 0 Å². The molecular formula is C12H19NO. The Kier molecular flexibility index (Phi) is 3.17. The normalized spacial score (nSPS) is 13.8. The summed E-state index contributed by atoms with van der Waals surface area (Å²) in [5, 5.41) is 13.0. The Morgan fingerprint density at radius 2 is 1.71 bits per heavy atom. The van der Waals surface area contributed by atoms with Crippen molar-refractivity contribution in [1.82, 2.24) is 0 Å². The zero-order chi connectivity index (χ0) is 10.8. The van der Waals surface area contributed by atoms with Crippen molar-refractivity contribution in [3.8, 4) is 0 Å². The van der Waals surface area contributed by atoms with E-state index in [-0.39, 0.29) is 6.04 Å². The van der Waals surface area contributed by atoms with E-state index in [0.29, 0.717) is 0 Å². The molecule has 1 aromatic rings. The molecule has 0 spiro atoms. The van der Waals surface area contributed by atoms with Gasteiger partial charge in [0.25, 0.3) is 0 Å². The molecule has 2 N–H and O–H groups in total. The van der Waals surface area contributed by atoms with Gasteiger partial charge in [0.15, 0.2) is 0 Å². The first-order chi connectivity index (χ1) is 6.39. The van der Waals surface area contributed by atoms with E-state index >= 15 is 0 Å². The summed E-state index contributed by atoms with van der Waals surface area (Å²) in [5.74, 6) is 0. The number of anilines is 1. The SMILES string of the molecule is Cc1ccc(NC(C)C(C)(C)O)cc1. The number of aliphatic hydroxyl groups is 1. The van der Waals surface area contributed by atoms with Gasteiger partial charge in [-0.2, -0.15) is 0 Å². The summed E-state index contributed by atoms with van der Waals surface area (Å²) >= 11 is 0. The fraction of sp³-hybridized carbons (Fsp3) is 0.500. The van der Waals surface area contributed by atoms with E-state index in [1.54, 1.807) is 13.8 Å². The standard InChI is InChI=1S/C12H19NO/c1-9-5-7-11(8-6-9)13-10(2)12(3,4)14/h5-8,10,13-14H,1-4H3. The molecule has 0 aliphatic carbocycles. The maximum atomic E-state index is 9.74. The highest BCUT2D eigenvalue weighted by molar-refractivity contribution is 5.45. The van der Waals surface area contributed by atoms with Crippen molar-refractivity contribution in [3.63, 3.8) is 0 Å². The molecule has 1 unspecified atom stereocenters. The fourth-order valence-electron chi connectivity index (χ4n) is 1.08. The van der Waals surface area contributed by atoms with Crippen LogP contribution in [-0.4, -0.2) is 16.7 Å². The highest BCUT2D eigenvalue weighted by atomic mass is 16.3. The third-order valence-corrected chi connectivity index (χ3v) is 2.49. The molecule has 2 heteroatoms. The first-order valence-electron chi connectivity index (χ1n) is 4.95. The van der Waals surface area contributed by atoms with Crippen LogP contribution in [0, 0.1) is 6.92 Å². The molecule has 0 radical (unpaired) electrons. The van der Waals surface area contributed by atoms with Crippen LogP contribution in [0.3, 0.4) is 0 Å². The summed E-state index contributed by atoms with van der Waals surface area (Å²) in [6, 6.07) is 8.19. The second kappa shape index (κ2) is 4.01. The predicted molar refractivity (Wildman–Crippen MR) is 60.6 cm³/mol. The van der Waals surface area contributed by atoms with Crippen molar-refractivity contribution in [2.24, 2.45) is 0 Å². The van der Waals surface area contributed by atoms with Crippen molar-refractivity contribution in [3.05, 3.63) is 29.8 Å². The number of rotatable bonds is 3. The van der Waals surface area contributed by atoms with Gasteiger partial charge in [0.05, 0.1) is 11.6 Å². The van der Waals surface area contributed by atoms with E-state index in [2.05, 4.69) is 24.4 Å².